The van der Waals surface area contributed by atoms with Crippen molar-refractivity contribution in [2.45, 2.75) is 39.2 Å². The van der Waals surface area contributed by atoms with E-state index < -0.39 is 11.5 Å². The number of hydrogen-bond donors (Lipinski definition) is 1. The molecule has 116 valence electrons. The summed E-state index contributed by atoms with van der Waals surface area (Å²) >= 11 is 0. The molecule has 3 rings (SSSR count). The molecule has 0 aromatic rings. The number of amides is 2. The van der Waals surface area contributed by atoms with Crippen molar-refractivity contribution in [3.05, 3.63) is 0 Å². The van der Waals surface area contributed by atoms with Crippen molar-refractivity contribution in [1.29, 1.82) is 0 Å². The minimum Gasteiger partial charge on any atom is -0.465 e. The second-order valence-corrected chi connectivity index (χ2v) is 7.07. The van der Waals surface area contributed by atoms with E-state index in [1.54, 1.807) is 6.92 Å². The molecule has 2 amide bonds. The third-order valence-corrected chi connectivity index (χ3v) is 5.27. The molecule has 0 aromatic heterocycles. The predicted octanol–water partition coefficient (Wildman–Crippen LogP) is 0.298. The first-order valence-electron chi connectivity index (χ1n) is 7.56. The fourth-order valence-corrected chi connectivity index (χ4v) is 3.65. The number of carbonyl (C=O) groups excluding carboxylic acids is 3. The fourth-order valence-electron chi connectivity index (χ4n) is 3.65. The van der Waals surface area contributed by atoms with E-state index in [0.717, 1.165) is 12.8 Å². The van der Waals surface area contributed by atoms with Crippen molar-refractivity contribution < 1.29 is 19.1 Å². The van der Waals surface area contributed by atoms with E-state index in [1.165, 1.54) is 4.90 Å². The monoisotopic (exact) mass is 294 g/mol. The summed E-state index contributed by atoms with van der Waals surface area (Å²) in [6.45, 7) is 5.77. The van der Waals surface area contributed by atoms with Crippen LogP contribution in [-0.4, -0.2) is 41.4 Å². The van der Waals surface area contributed by atoms with Gasteiger partial charge in [-0.25, -0.2) is 4.79 Å². The summed E-state index contributed by atoms with van der Waals surface area (Å²) in [6.07, 6.45) is 1.67. The van der Waals surface area contributed by atoms with E-state index in [1.807, 2.05) is 13.8 Å². The normalized spacial score (nSPS) is 32.7. The van der Waals surface area contributed by atoms with Crippen molar-refractivity contribution in [2.75, 3.05) is 13.2 Å². The Morgan fingerprint density at radius 1 is 1.33 bits per heavy atom. The molecule has 6 heteroatoms. The highest BCUT2D eigenvalue weighted by Gasteiger charge is 2.73. The van der Waals surface area contributed by atoms with Crippen LogP contribution in [0.3, 0.4) is 0 Å². The second-order valence-electron chi connectivity index (χ2n) is 7.07. The average molecular weight is 294 g/mol. The third-order valence-electron chi connectivity index (χ3n) is 5.27. The van der Waals surface area contributed by atoms with Gasteiger partial charge in [0.25, 0.3) is 0 Å². The Morgan fingerprint density at radius 2 is 1.86 bits per heavy atom. The number of nitrogens with two attached hydrogens (primary N) is 1. The highest BCUT2D eigenvalue weighted by Crippen LogP contribution is 2.63. The number of hydrogen-bond acceptors (Lipinski definition) is 5. The second kappa shape index (κ2) is 4.29. The molecule has 1 aliphatic heterocycles. The van der Waals surface area contributed by atoms with E-state index in [9.17, 15) is 14.4 Å². The molecular formula is C15H22N2O4. The van der Waals surface area contributed by atoms with Crippen LogP contribution in [0.5, 0.6) is 0 Å². The number of likely N-dealkylation sites (tertiary alicyclic amines) is 1. The Morgan fingerprint density at radius 3 is 2.29 bits per heavy atom. The van der Waals surface area contributed by atoms with Gasteiger partial charge in [-0.15, -0.1) is 0 Å². The first kappa shape index (κ1) is 14.5. The lowest BCUT2D eigenvalue weighted by Crippen LogP contribution is -2.60. The summed E-state index contributed by atoms with van der Waals surface area (Å²) in [6, 6.07) is 0. The molecule has 2 aliphatic carbocycles. The van der Waals surface area contributed by atoms with Gasteiger partial charge in [-0.2, -0.15) is 0 Å². The molecular weight excluding hydrogens is 272 g/mol. The van der Waals surface area contributed by atoms with Gasteiger partial charge in [-0.1, -0.05) is 13.8 Å². The molecule has 0 bridgehead atoms. The number of nitrogens with zero attached hydrogens (tertiary/aromatic N) is 1. The maximum atomic E-state index is 12.4. The zero-order valence-electron chi connectivity index (χ0n) is 12.7. The number of esters is 1. The van der Waals surface area contributed by atoms with Crippen LogP contribution in [-0.2, 0) is 19.1 Å². The van der Waals surface area contributed by atoms with Crippen LogP contribution >= 0.6 is 0 Å². The Bertz CT molecular complexity index is 502. The zero-order valence-corrected chi connectivity index (χ0v) is 12.7. The van der Waals surface area contributed by atoms with Crippen molar-refractivity contribution in [2.24, 2.45) is 28.9 Å². The lowest BCUT2D eigenvalue weighted by Gasteiger charge is -2.32. The van der Waals surface area contributed by atoms with Gasteiger partial charge >= 0.3 is 5.97 Å². The third kappa shape index (κ3) is 1.92. The van der Waals surface area contributed by atoms with Crippen LogP contribution in [0.25, 0.3) is 0 Å². The highest BCUT2D eigenvalue weighted by atomic mass is 16.5. The molecule has 0 radical (unpaired) electrons. The van der Waals surface area contributed by atoms with Crippen LogP contribution in [0.4, 0.5) is 0 Å². The van der Waals surface area contributed by atoms with E-state index in [2.05, 4.69) is 0 Å². The van der Waals surface area contributed by atoms with Gasteiger partial charge in [-0.05, 0) is 31.1 Å². The smallest absolute Gasteiger partial charge is 0.328 e. The zero-order chi connectivity index (χ0) is 15.6. The molecule has 1 heterocycles. The van der Waals surface area contributed by atoms with Crippen molar-refractivity contribution >= 4 is 17.8 Å². The fraction of sp³-hybridized carbons (Fsp3) is 0.800. The Labute approximate surface area is 124 Å². The molecule has 3 unspecified atom stereocenters. The number of ether oxygens (including phenoxy) is 1. The predicted molar refractivity (Wildman–Crippen MR) is 73.8 cm³/mol. The lowest BCUT2D eigenvalue weighted by atomic mass is 9.93. The number of fused-ring (bicyclic) bond motifs is 1. The van der Waals surface area contributed by atoms with E-state index in [-0.39, 0.29) is 48.1 Å². The van der Waals surface area contributed by atoms with Gasteiger partial charge in [0.1, 0.15) is 5.54 Å². The maximum absolute atomic E-state index is 12.4. The summed E-state index contributed by atoms with van der Waals surface area (Å²) in [4.78, 5) is 38.1. The molecule has 3 atom stereocenters. The molecule has 1 saturated heterocycles. The maximum Gasteiger partial charge on any atom is 0.328 e. The standard InChI is InChI=1S/C15H22N2O4/c1-4-21-13(20)15(16,8-5-6-8)7-17-11(18)9-10(12(17)19)14(9,2)3/h8-10H,4-7,16H2,1-3H3. The van der Waals surface area contributed by atoms with Crippen molar-refractivity contribution in [1.82, 2.24) is 4.90 Å². The Hall–Kier alpha value is -1.43. The average Bonchev–Trinajstić information content (AvgIpc) is 3.28. The Balaban J connectivity index is 1.78. The lowest BCUT2D eigenvalue weighted by molar-refractivity contribution is -0.154. The minimum atomic E-state index is -1.25. The number of rotatable bonds is 5. The van der Waals surface area contributed by atoms with Crippen LogP contribution in [0.15, 0.2) is 0 Å². The Kier molecular flexibility index (Phi) is 2.96. The molecule has 3 fully saturated rings. The number of imide groups is 1. The van der Waals surface area contributed by atoms with Gasteiger partial charge in [0.05, 0.1) is 25.0 Å². The van der Waals surface area contributed by atoms with Gasteiger partial charge in [0.2, 0.25) is 11.8 Å². The van der Waals surface area contributed by atoms with Gasteiger partial charge < -0.3 is 10.5 Å². The van der Waals surface area contributed by atoms with Crippen LogP contribution in [0.1, 0.15) is 33.6 Å². The molecule has 21 heavy (non-hydrogen) atoms. The molecule has 2 saturated carbocycles. The van der Waals surface area contributed by atoms with E-state index in [4.69, 9.17) is 10.5 Å². The molecule has 3 aliphatic rings. The molecule has 0 spiro atoms. The molecule has 6 nitrogen and oxygen atoms in total. The summed E-state index contributed by atoms with van der Waals surface area (Å²) in [7, 11) is 0. The molecule has 0 aromatic carbocycles. The number of piperidine rings is 1. The topological polar surface area (TPSA) is 89.7 Å². The summed E-state index contributed by atoms with van der Waals surface area (Å²) in [5.41, 5.74) is 4.75. The minimum absolute atomic E-state index is 0.00193. The van der Waals surface area contributed by atoms with Gasteiger partial charge in [-0.3, -0.25) is 14.5 Å². The summed E-state index contributed by atoms with van der Waals surface area (Å²) in [5.74, 6) is -1.36. The van der Waals surface area contributed by atoms with Crippen molar-refractivity contribution in [3.8, 4) is 0 Å². The van der Waals surface area contributed by atoms with Crippen LogP contribution in [0.2, 0.25) is 0 Å². The van der Waals surface area contributed by atoms with Gasteiger partial charge in [0, 0.05) is 0 Å². The van der Waals surface area contributed by atoms with Crippen LogP contribution in [0, 0.1) is 23.2 Å². The summed E-state index contributed by atoms with van der Waals surface area (Å²) < 4.78 is 5.05. The largest absolute Gasteiger partial charge is 0.465 e. The number of carbonyl (C=O) groups is 3. The SMILES string of the molecule is CCOC(=O)C(N)(CN1C(=O)C2C(C1=O)C2(C)C)C1CC1. The van der Waals surface area contributed by atoms with E-state index in [0.29, 0.717) is 0 Å². The first-order valence-corrected chi connectivity index (χ1v) is 7.56. The van der Waals surface area contributed by atoms with Gasteiger partial charge in [0.15, 0.2) is 0 Å². The summed E-state index contributed by atoms with van der Waals surface area (Å²) in [5, 5.41) is 0. The first-order chi connectivity index (χ1) is 9.75. The van der Waals surface area contributed by atoms with Crippen LogP contribution < -0.4 is 5.73 Å². The molecule has 2 N–H and O–H groups in total. The quantitative estimate of drug-likeness (QED) is 0.582. The van der Waals surface area contributed by atoms with Crippen molar-refractivity contribution in [3.63, 3.8) is 0 Å². The highest BCUT2D eigenvalue weighted by molar-refractivity contribution is 6.10. The van der Waals surface area contributed by atoms with E-state index >= 15 is 0 Å².